The van der Waals surface area contributed by atoms with Gasteiger partial charge in [-0.25, -0.2) is 0 Å². The van der Waals surface area contributed by atoms with Crippen LogP contribution in [0.5, 0.6) is 17.2 Å². The highest BCUT2D eigenvalue weighted by Crippen LogP contribution is 2.38. The smallest absolute Gasteiger partial charge is 0.387 e. The summed E-state index contributed by atoms with van der Waals surface area (Å²) in [6, 6.07) is 9.24. The van der Waals surface area contributed by atoms with Crippen molar-refractivity contribution in [3.05, 3.63) is 53.2 Å². The Morgan fingerprint density at radius 1 is 1.19 bits per heavy atom. The molecule has 9 heteroatoms. The summed E-state index contributed by atoms with van der Waals surface area (Å²) in [5.74, 6) is 1.47. The minimum absolute atomic E-state index is 0.0384. The highest BCUT2D eigenvalue weighted by molar-refractivity contribution is 5.86. The van der Waals surface area contributed by atoms with Gasteiger partial charge in [0.05, 0.1) is 0 Å². The van der Waals surface area contributed by atoms with E-state index in [1.54, 1.807) is 13.1 Å². The Hall–Kier alpha value is -3.49. The van der Waals surface area contributed by atoms with Crippen LogP contribution in [0, 0.1) is 6.92 Å². The third kappa shape index (κ3) is 4.65. The number of guanidine groups is 1. The Morgan fingerprint density at radius 3 is 2.77 bits per heavy atom. The number of aromatic nitrogens is 1. The number of nitrogens with one attached hydrogen (secondary N) is 3. The molecular weight excluding hydrogens is 406 g/mol. The molecule has 0 saturated heterocycles. The first-order valence-corrected chi connectivity index (χ1v) is 9.92. The number of fused-ring (bicyclic) bond motifs is 2. The van der Waals surface area contributed by atoms with Crippen LogP contribution >= 0.6 is 0 Å². The van der Waals surface area contributed by atoms with Crippen molar-refractivity contribution in [3.63, 3.8) is 0 Å². The van der Waals surface area contributed by atoms with Crippen molar-refractivity contribution in [1.82, 2.24) is 15.6 Å². The molecule has 31 heavy (non-hydrogen) atoms. The van der Waals surface area contributed by atoms with Gasteiger partial charge < -0.3 is 29.8 Å². The maximum Gasteiger partial charge on any atom is 0.387 e. The highest BCUT2D eigenvalue weighted by Gasteiger charge is 2.20. The highest BCUT2D eigenvalue weighted by atomic mass is 19.3. The second-order valence-electron chi connectivity index (χ2n) is 7.11. The molecule has 0 aliphatic carbocycles. The zero-order valence-corrected chi connectivity index (χ0v) is 17.3. The number of benzene rings is 2. The number of hydrogen-bond acceptors (Lipinski definition) is 4. The van der Waals surface area contributed by atoms with E-state index >= 15 is 0 Å². The van der Waals surface area contributed by atoms with E-state index in [4.69, 9.17) is 9.47 Å². The van der Waals surface area contributed by atoms with Crippen molar-refractivity contribution in [2.75, 3.05) is 20.4 Å². The summed E-state index contributed by atoms with van der Waals surface area (Å²) in [6.07, 6.45) is 2.82. The largest absolute Gasteiger partial charge is 0.454 e. The van der Waals surface area contributed by atoms with Gasteiger partial charge in [0, 0.05) is 48.9 Å². The maximum absolute atomic E-state index is 12.8. The van der Waals surface area contributed by atoms with Crippen LogP contribution in [0.3, 0.4) is 0 Å². The Labute approximate surface area is 178 Å². The summed E-state index contributed by atoms with van der Waals surface area (Å²) < 4.78 is 40.8. The summed E-state index contributed by atoms with van der Waals surface area (Å²) in [5.41, 5.74) is 4.08. The molecule has 0 spiro atoms. The van der Waals surface area contributed by atoms with Crippen molar-refractivity contribution in [2.45, 2.75) is 26.5 Å². The van der Waals surface area contributed by atoms with Crippen LogP contribution in [0.4, 0.5) is 8.78 Å². The Morgan fingerprint density at radius 2 is 2.00 bits per heavy atom. The van der Waals surface area contributed by atoms with Gasteiger partial charge in [-0.3, -0.25) is 4.99 Å². The molecule has 0 unspecified atom stereocenters. The van der Waals surface area contributed by atoms with Crippen molar-refractivity contribution in [1.29, 1.82) is 0 Å². The molecule has 0 atom stereocenters. The van der Waals surface area contributed by atoms with E-state index in [1.807, 2.05) is 12.3 Å². The first-order chi connectivity index (χ1) is 15.0. The average Bonchev–Trinajstić information content (AvgIpc) is 3.37. The van der Waals surface area contributed by atoms with Crippen LogP contribution in [0.1, 0.15) is 16.7 Å². The van der Waals surface area contributed by atoms with E-state index in [2.05, 4.69) is 44.4 Å². The van der Waals surface area contributed by atoms with Crippen molar-refractivity contribution < 1.29 is 23.0 Å². The van der Waals surface area contributed by atoms with E-state index in [1.165, 1.54) is 22.6 Å². The molecule has 3 aromatic rings. The molecule has 3 N–H and O–H groups in total. The molecule has 2 aromatic carbocycles. The van der Waals surface area contributed by atoms with Crippen LogP contribution in [0.2, 0.25) is 0 Å². The van der Waals surface area contributed by atoms with E-state index in [9.17, 15) is 8.78 Å². The van der Waals surface area contributed by atoms with Gasteiger partial charge in [-0.15, -0.1) is 0 Å². The van der Waals surface area contributed by atoms with E-state index < -0.39 is 6.61 Å². The first kappa shape index (κ1) is 20.8. The molecular formula is C22H24F2N4O3. The third-order valence-corrected chi connectivity index (χ3v) is 5.12. The number of aromatic amines is 1. The topological polar surface area (TPSA) is 79.9 Å². The molecule has 7 nitrogen and oxygen atoms in total. The summed E-state index contributed by atoms with van der Waals surface area (Å²) in [4.78, 5) is 7.51. The molecule has 0 amide bonds. The van der Waals surface area contributed by atoms with Crippen LogP contribution < -0.4 is 24.8 Å². The first-order valence-electron chi connectivity index (χ1n) is 9.92. The molecule has 1 aromatic heterocycles. The number of rotatable bonds is 7. The number of aryl methyl sites for hydroxylation is 1. The lowest BCUT2D eigenvalue weighted by Gasteiger charge is -2.15. The van der Waals surface area contributed by atoms with E-state index in [-0.39, 0.29) is 19.1 Å². The molecule has 2 heterocycles. The lowest BCUT2D eigenvalue weighted by molar-refractivity contribution is -0.0505. The normalized spacial score (nSPS) is 13.1. The molecule has 164 valence electrons. The van der Waals surface area contributed by atoms with Gasteiger partial charge in [0.2, 0.25) is 6.79 Å². The molecule has 1 aliphatic heterocycles. The minimum atomic E-state index is -2.93. The number of halogens is 2. The van der Waals surface area contributed by atoms with Gasteiger partial charge in [-0.2, -0.15) is 8.78 Å². The zero-order chi connectivity index (χ0) is 21.8. The predicted octanol–water partition coefficient (Wildman–Crippen LogP) is 3.71. The Bertz CT molecular complexity index is 1100. The Kier molecular flexibility index (Phi) is 6.11. The molecule has 0 saturated carbocycles. The minimum Gasteiger partial charge on any atom is -0.454 e. The SMILES string of the molecule is CN=C(NCCc1c[nH]c2cccc(C)c12)NCc1cc2c(cc1OC(F)F)OCO2. The standard InChI is InChI=1S/C22H24F2N4O3/c1-13-4-3-5-16-20(13)14(10-27-16)6-7-26-22(25-2)28-11-15-8-18-19(30-12-29-18)9-17(15)31-21(23)24/h3-5,8-10,21,27H,6-7,11-12H2,1-2H3,(H2,25,26,28). The van der Waals surface area contributed by atoms with Crippen molar-refractivity contribution in [2.24, 2.45) is 4.99 Å². The van der Waals surface area contributed by atoms with Crippen molar-refractivity contribution in [3.8, 4) is 17.2 Å². The van der Waals surface area contributed by atoms with Gasteiger partial charge in [-0.1, -0.05) is 12.1 Å². The lowest BCUT2D eigenvalue weighted by atomic mass is 10.1. The second-order valence-corrected chi connectivity index (χ2v) is 7.11. The molecule has 0 bridgehead atoms. The Balaban J connectivity index is 1.38. The second kappa shape index (κ2) is 9.11. The van der Waals surface area contributed by atoms with Crippen LogP contribution in [-0.4, -0.2) is 37.9 Å². The summed E-state index contributed by atoms with van der Waals surface area (Å²) >= 11 is 0. The molecule has 1 aliphatic rings. The summed E-state index contributed by atoms with van der Waals surface area (Å²) in [7, 11) is 1.65. The van der Waals surface area contributed by atoms with E-state index in [0.717, 1.165) is 11.9 Å². The average molecular weight is 430 g/mol. The summed E-state index contributed by atoms with van der Waals surface area (Å²) in [5, 5.41) is 7.62. The number of hydrogen-bond donors (Lipinski definition) is 3. The van der Waals surface area contributed by atoms with Crippen LogP contribution in [0.15, 0.2) is 41.5 Å². The number of nitrogens with zero attached hydrogens (tertiary/aromatic N) is 1. The monoisotopic (exact) mass is 430 g/mol. The summed E-state index contributed by atoms with van der Waals surface area (Å²) in [6.45, 7) is 0.0956. The number of ether oxygens (including phenoxy) is 3. The third-order valence-electron chi connectivity index (χ3n) is 5.12. The predicted molar refractivity (Wildman–Crippen MR) is 114 cm³/mol. The molecule has 0 radical (unpaired) electrons. The fraction of sp³-hybridized carbons (Fsp3) is 0.318. The van der Waals surface area contributed by atoms with Crippen LogP contribution in [-0.2, 0) is 13.0 Å². The zero-order valence-electron chi connectivity index (χ0n) is 17.3. The fourth-order valence-electron chi connectivity index (χ4n) is 3.67. The number of alkyl halides is 2. The van der Waals surface area contributed by atoms with Crippen molar-refractivity contribution >= 4 is 16.9 Å². The van der Waals surface area contributed by atoms with Gasteiger partial charge in [0.25, 0.3) is 0 Å². The lowest BCUT2D eigenvalue weighted by Crippen LogP contribution is -2.38. The fourth-order valence-corrected chi connectivity index (χ4v) is 3.67. The van der Waals surface area contributed by atoms with Gasteiger partial charge in [0.15, 0.2) is 17.5 Å². The molecule has 4 rings (SSSR count). The quantitative estimate of drug-likeness (QED) is 0.393. The van der Waals surface area contributed by atoms with E-state index in [0.29, 0.717) is 29.6 Å². The number of aliphatic imine (C=N–C) groups is 1. The number of H-pyrrole nitrogens is 1. The van der Waals surface area contributed by atoms with Crippen LogP contribution in [0.25, 0.3) is 10.9 Å². The maximum atomic E-state index is 12.8. The van der Waals surface area contributed by atoms with Gasteiger partial charge in [-0.05, 0) is 36.6 Å². The molecule has 0 fully saturated rings. The van der Waals surface area contributed by atoms with Gasteiger partial charge in [0.1, 0.15) is 5.75 Å². The van der Waals surface area contributed by atoms with Gasteiger partial charge >= 0.3 is 6.61 Å².